The van der Waals surface area contributed by atoms with Gasteiger partial charge >= 0.3 is 0 Å². The van der Waals surface area contributed by atoms with Gasteiger partial charge in [0.1, 0.15) is 5.82 Å². The van der Waals surface area contributed by atoms with Crippen LogP contribution in [0.2, 0.25) is 0 Å². The van der Waals surface area contributed by atoms with E-state index in [-0.39, 0.29) is 11.7 Å². The maximum atomic E-state index is 12.7. The van der Waals surface area contributed by atoms with E-state index in [1.807, 2.05) is 0 Å². The zero-order chi connectivity index (χ0) is 13.0. The van der Waals surface area contributed by atoms with Gasteiger partial charge in [-0.15, -0.1) is 0 Å². The Hall–Kier alpha value is -1.46. The lowest BCUT2D eigenvalue weighted by Crippen LogP contribution is -2.40. The number of halogens is 1. The van der Waals surface area contributed by atoms with Crippen molar-refractivity contribution in [3.8, 4) is 0 Å². The second-order valence-corrected chi connectivity index (χ2v) is 4.56. The number of hydrogen-bond acceptors (Lipinski definition) is 3. The van der Waals surface area contributed by atoms with E-state index in [0.717, 1.165) is 19.4 Å². The third-order valence-electron chi connectivity index (χ3n) is 3.25. The molecule has 0 spiro atoms. The molecule has 3 N–H and O–H groups in total. The molecule has 1 atom stereocenters. The summed E-state index contributed by atoms with van der Waals surface area (Å²) in [6.45, 7) is 1.85. The van der Waals surface area contributed by atoms with Gasteiger partial charge in [-0.05, 0) is 43.7 Å². The summed E-state index contributed by atoms with van der Waals surface area (Å²) >= 11 is 0. The summed E-state index contributed by atoms with van der Waals surface area (Å²) in [7, 11) is 0. The van der Waals surface area contributed by atoms with Crippen LogP contribution in [0.15, 0.2) is 24.3 Å². The fourth-order valence-corrected chi connectivity index (χ4v) is 2.29. The molecule has 1 saturated heterocycles. The maximum Gasteiger partial charge on any atom is 0.238 e. The number of amides is 1. The number of nitrogens with zero attached hydrogens (tertiary/aromatic N) is 1. The standard InChI is InChI=1S/C13H18FN3O/c14-10-3-5-11(6-4-10)16-13(18)9-17-7-1-2-12(17)8-15/h3-6,12H,1-2,7-9,15H2,(H,16,18). The van der Waals surface area contributed by atoms with Crippen molar-refractivity contribution in [3.05, 3.63) is 30.1 Å². The smallest absolute Gasteiger partial charge is 0.238 e. The van der Waals surface area contributed by atoms with Crippen molar-refractivity contribution < 1.29 is 9.18 Å². The van der Waals surface area contributed by atoms with Gasteiger partial charge in [0.2, 0.25) is 5.91 Å². The maximum absolute atomic E-state index is 12.7. The van der Waals surface area contributed by atoms with Crippen molar-refractivity contribution in [3.63, 3.8) is 0 Å². The molecule has 4 nitrogen and oxygen atoms in total. The zero-order valence-corrected chi connectivity index (χ0v) is 10.2. The molecule has 1 aliphatic rings. The molecular formula is C13H18FN3O. The Morgan fingerprint density at radius 1 is 1.44 bits per heavy atom. The predicted molar refractivity (Wildman–Crippen MR) is 68.7 cm³/mol. The van der Waals surface area contributed by atoms with Crippen molar-refractivity contribution in [1.82, 2.24) is 4.90 Å². The third-order valence-corrected chi connectivity index (χ3v) is 3.25. The van der Waals surface area contributed by atoms with E-state index in [4.69, 9.17) is 5.73 Å². The van der Waals surface area contributed by atoms with Gasteiger partial charge in [0.25, 0.3) is 0 Å². The molecule has 18 heavy (non-hydrogen) atoms. The quantitative estimate of drug-likeness (QED) is 0.845. The fourth-order valence-electron chi connectivity index (χ4n) is 2.29. The highest BCUT2D eigenvalue weighted by Gasteiger charge is 2.24. The first kappa shape index (κ1) is 13.0. The van der Waals surface area contributed by atoms with Gasteiger partial charge in [0.05, 0.1) is 6.54 Å². The molecule has 0 saturated carbocycles. The van der Waals surface area contributed by atoms with Crippen molar-refractivity contribution >= 4 is 11.6 Å². The summed E-state index contributed by atoms with van der Waals surface area (Å²) < 4.78 is 12.7. The van der Waals surface area contributed by atoms with E-state index in [1.54, 1.807) is 12.1 Å². The van der Waals surface area contributed by atoms with Crippen LogP contribution in [0.3, 0.4) is 0 Å². The first-order valence-corrected chi connectivity index (χ1v) is 6.18. The average Bonchev–Trinajstić information content (AvgIpc) is 2.79. The topological polar surface area (TPSA) is 58.4 Å². The van der Waals surface area contributed by atoms with Gasteiger partial charge in [-0.3, -0.25) is 9.69 Å². The van der Waals surface area contributed by atoms with Gasteiger partial charge in [0, 0.05) is 18.3 Å². The van der Waals surface area contributed by atoms with Crippen LogP contribution in [0.4, 0.5) is 10.1 Å². The van der Waals surface area contributed by atoms with Gasteiger partial charge in [0.15, 0.2) is 0 Å². The average molecular weight is 251 g/mol. The number of carbonyl (C=O) groups excluding carboxylic acids is 1. The summed E-state index contributed by atoms with van der Waals surface area (Å²) in [5.74, 6) is -0.391. The van der Waals surface area contributed by atoms with Crippen molar-refractivity contribution in [2.24, 2.45) is 5.73 Å². The van der Waals surface area contributed by atoms with Gasteiger partial charge in [-0.1, -0.05) is 0 Å². The number of rotatable bonds is 4. The molecule has 1 unspecified atom stereocenters. The number of hydrogen-bond donors (Lipinski definition) is 2. The zero-order valence-electron chi connectivity index (χ0n) is 10.2. The first-order chi connectivity index (χ1) is 8.69. The molecule has 0 radical (unpaired) electrons. The van der Waals surface area contributed by atoms with Crippen LogP contribution in [0.25, 0.3) is 0 Å². The first-order valence-electron chi connectivity index (χ1n) is 6.18. The molecule has 2 rings (SSSR count). The number of nitrogens with one attached hydrogen (secondary N) is 1. The minimum atomic E-state index is -0.310. The number of benzene rings is 1. The Morgan fingerprint density at radius 2 is 2.17 bits per heavy atom. The summed E-state index contributed by atoms with van der Waals surface area (Å²) in [5.41, 5.74) is 6.27. The summed E-state index contributed by atoms with van der Waals surface area (Å²) in [6, 6.07) is 6.07. The lowest BCUT2D eigenvalue weighted by atomic mass is 10.2. The number of nitrogens with two attached hydrogens (primary N) is 1. The molecule has 1 fully saturated rings. The molecule has 1 aromatic rings. The molecule has 1 aliphatic heterocycles. The summed E-state index contributed by atoms with van der Waals surface area (Å²) in [6.07, 6.45) is 2.14. The molecule has 1 aromatic carbocycles. The van der Waals surface area contributed by atoms with E-state index >= 15 is 0 Å². The SMILES string of the molecule is NCC1CCCN1CC(=O)Nc1ccc(F)cc1. The number of carbonyl (C=O) groups is 1. The van der Waals surface area contributed by atoms with Crippen molar-refractivity contribution in [2.75, 3.05) is 25.0 Å². The normalized spacial score (nSPS) is 20.0. The van der Waals surface area contributed by atoms with Gasteiger partial charge in [-0.25, -0.2) is 4.39 Å². The Morgan fingerprint density at radius 3 is 2.83 bits per heavy atom. The Labute approximate surface area is 106 Å². The Kier molecular flexibility index (Phi) is 4.28. The monoisotopic (exact) mass is 251 g/mol. The van der Waals surface area contributed by atoms with E-state index in [0.29, 0.717) is 24.8 Å². The minimum Gasteiger partial charge on any atom is -0.329 e. The van der Waals surface area contributed by atoms with Crippen LogP contribution >= 0.6 is 0 Å². The predicted octanol–water partition coefficient (Wildman–Crippen LogP) is 1.19. The van der Waals surface area contributed by atoms with Crippen LogP contribution in [-0.4, -0.2) is 36.5 Å². The van der Waals surface area contributed by atoms with Crippen molar-refractivity contribution in [1.29, 1.82) is 0 Å². The minimum absolute atomic E-state index is 0.0815. The Bertz CT molecular complexity index is 407. The second-order valence-electron chi connectivity index (χ2n) is 4.56. The van der Waals surface area contributed by atoms with Gasteiger partial charge in [-0.2, -0.15) is 0 Å². The van der Waals surface area contributed by atoms with Crippen LogP contribution in [0, 0.1) is 5.82 Å². The lowest BCUT2D eigenvalue weighted by Gasteiger charge is -2.22. The van der Waals surface area contributed by atoms with E-state index < -0.39 is 0 Å². The largest absolute Gasteiger partial charge is 0.329 e. The van der Waals surface area contributed by atoms with E-state index in [9.17, 15) is 9.18 Å². The molecule has 98 valence electrons. The number of anilines is 1. The fraction of sp³-hybridized carbons (Fsp3) is 0.462. The summed E-state index contributed by atoms with van der Waals surface area (Å²) in [4.78, 5) is 13.9. The van der Waals surface area contributed by atoms with Crippen LogP contribution in [0.5, 0.6) is 0 Å². The highest BCUT2D eigenvalue weighted by Crippen LogP contribution is 2.16. The number of likely N-dealkylation sites (tertiary alicyclic amines) is 1. The second kappa shape index (κ2) is 5.93. The molecule has 0 aliphatic carbocycles. The van der Waals surface area contributed by atoms with Crippen LogP contribution in [-0.2, 0) is 4.79 Å². The third kappa shape index (κ3) is 3.27. The highest BCUT2D eigenvalue weighted by molar-refractivity contribution is 5.92. The molecule has 0 aromatic heterocycles. The lowest BCUT2D eigenvalue weighted by molar-refractivity contribution is -0.117. The Balaban J connectivity index is 1.86. The van der Waals surface area contributed by atoms with Crippen LogP contribution < -0.4 is 11.1 Å². The van der Waals surface area contributed by atoms with E-state index in [1.165, 1.54) is 12.1 Å². The molecular weight excluding hydrogens is 233 g/mol. The van der Waals surface area contributed by atoms with Crippen molar-refractivity contribution in [2.45, 2.75) is 18.9 Å². The summed E-state index contributed by atoms with van der Waals surface area (Å²) in [5, 5.41) is 2.75. The van der Waals surface area contributed by atoms with E-state index in [2.05, 4.69) is 10.2 Å². The molecule has 0 bridgehead atoms. The molecule has 1 heterocycles. The highest BCUT2D eigenvalue weighted by atomic mass is 19.1. The molecule has 1 amide bonds. The van der Waals surface area contributed by atoms with Gasteiger partial charge < -0.3 is 11.1 Å². The molecule has 5 heteroatoms. The van der Waals surface area contributed by atoms with Crippen LogP contribution in [0.1, 0.15) is 12.8 Å².